The molecule has 0 radical (unpaired) electrons. The van der Waals surface area contributed by atoms with E-state index in [1.54, 1.807) is 21.7 Å². The van der Waals surface area contributed by atoms with Crippen LogP contribution in [0.25, 0.3) is 0 Å². The summed E-state index contributed by atoms with van der Waals surface area (Å²) in [5, 5.41) is 0. The predicted molar refractivity (Wildman–Crippen MR) is 73.8 cm³/mol. The Balaban J connectivity index is 1.96. The fraction of sp³-hybridized carbons (Fsp3) is 0.538. The summed E-state index contributed by atoms with van der Waals surface area (Å²) in [6.45, 7) is 3.35. The van der Waals surface area contributed by atoms with Crippen LogP contribution < -0.4 is 11.3 Å². The van der Waals surface area contributed by atoms with Gasteiger partial charge in [-0.15, -0.1) is 0 Å². The van der Waals surface area contributed by atoms with Crippen molar-refractivity contribution in [3.05, 3.63) is 28.7 Å². The molecule has 1 aliphatic rings. The Morgan fingerprint density at radius 3 is 2.79 bits per heavy atom. The number of likely N-dealkylation sites (N-methyl/N-ethyl adjacent to an activating group) is 1. The highest BCUT2D eigenvalue weighted by Gasteiger charge is 2.18. The number of nitrogens with zero attached hydrogens (tertiary/aromatic N) is 3. The molecule has 0 saturated carbocycles. The van der Waals surface area contributed by atoms with Gasteiger partial charge in [0.25, 0.3) is 5.56 Å². The van der Waals surface area contributed by atoms with Gasteiger partial charge in [-0.25, -0.2) is 0 Å². The predicted octanol–water partition coefficient (Wildman–Crippen LogP) is -0.405. The van der Waals surface area contributed by atoms with Crippen LogP contribution in [0.4, 0.5) is 5.69 Å². The molecule has 1 saturated heterocycles. The first-order chi connectivity index (χ1) is 9.06. The second-order valence-electron chi connectivity index (χ2n) is 4.94. The van der Waals surface area contributed by atoms with Gasteiger partial charge in [0.1, 0.15) is 0 Å². The van der Waals surface area contributed by atoms with Gasteiger partial charge in [-0.1, -0.05) is 0 Å². The van der Waals surface area contributed by atoms with Crippen molar-refractivity contribution in [1.29, 1.82) is 0 Å². The lowest BCUT2D eigenvalue weighted by molar-refractivity contribution is -0.129. The third-order valence-corrected chi connectivity index (χ3v) is 3.42. The van der Waals surface area contributed by atoms with E-state index in [0.29, 0.717) is 25.3 Å². The molecule has 0 spiro atoms. The minimum Gasteiger partial charge on any atom is -0.398 e. The maximum atomic E-state index is 11.8. The first kappa shape index (κ1) is 13.6. The summed E-state index contributed by atoms with van der Waals surface area (Å²) in [5.41, 5.74) is 6.18. The lowest BCUT2D eigenvalue weighted by Gasteiger charge is -2.19. The van der Waals surface area contributed by atoms with E-state index in [1.807, 2.05) is 7.05 Å². The highest BCUT2D eigenvalue weighted by Crippen LogP contribution is 2.03. The SMILES string of the molecule is CN1CCCN(CCn2cc(N)ccc2=O)CC1=O. The summed E-state index contributed by atoms with van der Waals surface area (Å²) < 4.78 is 1.59. The van der Waals surface area contributed by atoms with Crippen LogP contribution in [0.2, 0.25) is 0 Å². The summed E-state index contributed by atoms with van der Waals surface area (Å²) in [6.07, 6.45) is 2.61. The van der Waals surface area contributed by atoms with Gasteiger partial charge in [0.05, 0.1) is 6.54 Å². The Labute approximate surface area is 112 Å². The number of rotatable bonds is 3. The number of nitrogens with two attached hydrogens (primary N) is 1. The molecule has 6 heteroatoms. The Hall–Kier alpha value is -1.82. The van der Waals surface area contributed by atoms with Crippen LogP contribution in [0.3, 0.4) is 0 Å². The minimum atomic E-state index is -0.0625. The van der Waals surface area contributed by atoms with E-state index < -0.39 is 0 Å². The van der Waals surface area contributed by atoms with Gasteiger partial charge in [0.15, 0.2) is 0 Å². The van der Waals surface area contributed by atoms with E-state index in [2.05, 4.69) is 4.90 Å². The van der Waals surface area contributed by atoms with E-state index in [1.165, 1.54) is 6.07 Å². The molecule has 1 amide bonds. The lowest BCUT2D eigenvalue weighted by atomic mass is 10.3. The zero-order valence-corrected chi connectivity index (χ0v) is 11.2. The van der Waals surface area contributed by atoms with Crippen LogP contribution in [-0.4, -0.2) is 53.5 Å². The van der Waals surface area contributed by atoms with Crippen LogP contribution in [0.1, 0.15) is 6.42 Å². The van der Waals surface area contributed by atoms with Gasteiger partial charge >= 0.3 is 0 Å². The number of pyridine rings is 1. The van der Waals surface area contributed by atoms with Gasteiger partial charge in [0.2, 0.25) is 5.91 Å². The number of hydrogen-bond acceptors (Lipinski definition) is 4. The maximum Gasteiger partial charge on any atom is 0.250 e. The smallest absolute Gasteiger partial charge is 0.250 e. The van der Waals surface area contributed by atoms with E-state index in [-0.39, 0.29) is 11.5 Å². The summed E-state index contributed by atoms with van der Waals surface area (Å²) in [4.78, 5) is 27.2. The largest absolute Gasteiger partial charge is 0.398 e. The summed E-state index contributed by atoms with van der Waals surface area (Å²) in [7, 11) is 1.83. The van der Waals surface area contributed by atoms with Gasteiger partial charge in [-0.2, -0.15) is 0 Å². The highest BCUT2D eigenvalue weighted by atomic mass is 16.2. The van der Waals surface area contributed by atoms with Crippen molar-refractivity contribution < 1.29 is 4.79 Å². The molecule has 0 unspecified atom stereocenters. The molecule has 0 atom stereocenters. The number of carbonyl (C=O) groups is 1. The van der Waals surface area contributed by atoms with Crippen molar-refractivity contribution >= 4 is 11.6 Å². The zero-order valence-electron chi connectivity index (χ0n) is 11.2. The fourth-order valence-corrected chi connectivity index (χ4v) is 2.21. The van der Waals surface area contributed by atoms with Crippen LogP contribution in [0.15, 0.2) is 23.1 Å². The average molecular weight is 264 g/mol. The molecule has 1 aromatic rings. The number of carbonyl (C=O) groups excluding carboxylic acids is 1. The van der Waals surface area contributed by atoms with Crippen LogP contribution in [0.5, 0.6) is 0 Å². The molecular formula is C13H20N4O2. The summed E-state index contributed by atoms with van der Waals surface area (Å²) >= 11 is 0. The second kappa shape index (κ2) is 5.88. The molecule has 2 heterocycles. The number of hydrogen-bond donors (Lipinski definition) is 1. The highest BCUT2D eigenvalue weighted by molar-refractivity contribution is 5.78. The average Bonchev–Trinajstić information content (AvgIpc) is 2.53. The molecule has 1 fully saturated rings. The van der Waals surface area contributed by atoms with Crippen LogP contribution in [-0.2, 0) is 11.3 Å². The number of amides is 1. The number of nitrogen functional groups attached to an aromatic ring is 1. The van der Waals surface area contributed by atoms with Crippen molar-refractivity contribution in [2.75, 3.05) is 39.0 Å². The Kier molecular flexibility index (Phi) is 4.21. The van der Waals surface area contributed by atoms with Crippen LogP contribution >= 0.6 is 0 Å². The molecule has 0 aliphatic carbocycles. The van der Waals surface area contributed by atoms with Crippen molar-refractivity contribution in [2.45, 2.75) is 13.0 Å². The number of anilines is 1. The first-order valence-corrected chi connectivity index (χ1v) is 6.48. The van der Waals surface area contributed by atoms with Crippen molar-refractivity contribution in [1.82, 2.24) is 14.4 Å². The molecule has 6 nitrogen and oxygen atoms in total. The topological polar surface area (TPSA) is 71.6 Å². The van der Waals surface area contributed by atoms with Gasteiger partial charge in [0, 0.05) is 51.2 Å². The molecule has 1 aliphatic heterocycles. The fourth-order valence-electron chi connectivity index (χ4n) is 2.21. The zero-order chi connectivity index (χ0) is 13.8. The van der Waals surface area contributed by atoms with E-state index >= 15 is 0 Å². The first-order valence-electron chi connectivity index (χ1n) is 6.48. The van der Waals surface area contributed by atoms with Crippen molar-refractivity contribution in [2.24, 2.45) is 0 Å². The number of aromatic nitrogens is 1. The van der Waals surface area contributed by atoms with Crippen molar-refractivity contribution in [3.63, 3.8) is 0 Å². The van der Waals surface area contributed by atoms with E-state index in [0.717, 1.165) is 19.5 Å². The molecule has 2 N–H and O–H groups in total. The molecule has 0 aromatic carbocycles. The lowest BCUT2D eigenvalue weighted by Crippen LogP contribution is -2.36. The molecule has 0 bridgehead atoms. The summed E-state index contributed by atoms with van der Waals surface area (Å²) in [6, 6.07) is 3.07. The van der Waals surface area contributed by atoms with E-state index in [9.17, 15) is 9.59 Å². The molecular weight excluding hydrogens is 244 g/mol. The quantitative estimate of drug-likeness (QED) is 0.806. The second-order valence-corrected chi connectivity index (χ2v) is 4.94. The third-order valence-electron chi connectivity index (χ3n) is 3.42. The standard InChI is InChI=1S/C13H20N4O2/c1-15-5-2-6-16(10-13(15)19)7-8-17-9-11(14)3-4-12(17)18/h3-4,9H,2,5-8,10,14H2,1H3. The Bertz CT molecular complexity index is 512. The van der Waals surface area contributed by atoms with E-state index in [4.69, 9.17) is 5.73 Å². The molecule has 104 valence electrons. The van der Waals surface area contributed by atoms with Gasteiger partial charge < -0.3 is 15.2 Å². The Morgan fingerprint density at radius 1 is 1.21 bits per heavy atom. The normalized spacial score (nSPS) is 17.5. The third kappa shape index (κ3) is 3.57. The van der Waals surface area contributed by atoms with Gasteiger partial charge in [-0.3, -0.25) is 14.5 Å². The molecule has 2 rings (SSSR count). The molecule has 19 heavy (non-hydrogen) atoms. The van der Waals surface area contributed by atoms with Crippen LogP contribution in [0, 0.1) is 0 Å². The summed E-state index contributed by atoms with van der Waals surface area (Å²) in [5.74, 6) is 0.137. The van der Waals surface area contributed by atoms with Gasteiger partial charge in [-0.05, 0) is 12.5 Å². The van der Waals surface area contributed by atoms with Crippen molar-refractivity contribution in [3.8, 4) is 0 Å². The minimum absolute atomic E-state index is 0.0625. The maximum absolute atomic E-state index is 11.8. The monoisotopic (exact) mass is 264 g/mol. The molecule has 1 aromatic heterocycles. The Morgan fingerprint density at radius 2 is 2.00 bits per heavy atom.